The van der Waals surface area contributed by atoms with Gasteiger partial charge >= 0.3 is 0 Å². The maximum Gasteiger partial charge on any atom is 0.0540 e. The third-order valence-corrected chi connectivity index (χ3v) is 6.03. The molecule has 0 fully saturated rings. The van der Waals surface area contributed by atoms with Gasteiger partial charge in [0.25, 0.3) is 0 Å². The second kappa shape index (κ2) is 8.17. The zero-order valence-electron chi connectivity index (χ0n) is 16.4. The van der Waals surface area contributed by atoms with E-state index in [9.17, 15) is 0 Å². The Morgan fingerprint density at radius 1 is 0.433 bits per heavy atom. The number of hydrogen-bond donors (Lipinski definition) is 0. The first-order valence-electron chi connectivity index (χ1n) is 9.99. The van der Waals surface area contributed by atoms with Crippen LogP contribution in [0.1, 0.15) is 0 Å². The minimum absolute atomic E-state index is 1.11. The minimum Gasteiger partial charge on any atom is -0.310 e. The lowest BCUT2D eigenvalue weighted by atomic mass is 10.0. The molecule has 30 heavy (non-hydrogen) atoms. The van der Waals surface area contributed by atoms with Gasteiger partial charge in [0, 0.05) is 21.2 Å². The van der Waals surface area contributed by atoms with E-state index >= 15 is 0 Å². The minimum atomic E-state index is 1.11. The van der Waals surface area contributed by atoms with Crippen LogP contribution in [-0.2, 0) is 0 Å². The summed E-state index contributed by atoms with van der Waals surface area (Å²) in [4.78, 5) is 2.32. The van der Waals surface area contributed by atoms with Crippen molar-refractivity contribution in [3.63, 3.8) is 0 Å². The van der Waals surface area contributed by atoms with Gasteiger partial charge in [-0.15, -0.1) is 0 Å². The fraction of sp³-hybridized carbons (Fsp3) is 0. The molecule has 0 spiro atoms. The van der Waals surface area contributed by atoms with Crippen molar-refractivity contribution in [2.24, 2.45) is 0 Å². The van der Waals surface area contributed by atoms with Crippen LogP contribution in [0, 0.1) is 0 Å². The third kappa shape index (κ3) is 3.51. The zero-order chi connectivity index (χ0) is 20.3. The van der Waals surface area contributed by atoms with Crippen molar-refractivity contribution in [3.05, 3.63) is 126 Å². The summed E-state index contributed by atoms with van der Waals surface area (Å²) in [5.74, 6) is 0. The average molecular weight is 450 g/mol. The van der Waals surface area contributed by atoms with E-state index < -0.39 is 0 Å². The Labute approximate surface area is 185 Å². The van der Waals surface area contributed by atoms with Crippen molar-refractivity contribution in [1.29, 1.82) is 0 Å². The molecule has 144 valence electrons. The number of nitrogens with zero attached hydrogens (tertiary/aromatic N) is 1. The number of anilines is 3. The molecule has 0 bridgehead atoms. The van der Waals surface area contributed by atoms with Crippen molar-refractivity contribution in [1.82, 2.24) is 0 Å². The molecule has 1 nitrogen and oxygen atoms in total. The van der Waals surface area contributed by atoms with Crippen LogP contribution in [0.25, 0.3) is 21.9 Å². The summed E-state index contributed by atoms with van der Waals surface area (Å²) in [5.41, 5.74) is 5.87. The summed E-state index contributed by atoms with van der Waals surface area (Å²) in [6.07, 6.45) is 0. The zero-order valence-corrected chi connectivity index (χ0v) is 18.0. The fourth-order valence-corrected chi connectivity index (χ4v) is 4.36. The summed E-state index contributed by atoms with van der Waals surface area (Å²) in [6, 6.07) is 42.7. The molecule has 0 saturated carbocycles. The number of rotatable bonds is 4. The van der Waals surface area contributed by atoms with Crippen LogP contribution in [0.4, 0.5) is 17.1 Å². The van der Waals surface area contributed by atoms with Crippen LogP contribution in [0.3, 0.4) is 0 Å². The van der Waals surface area contributed by atoms with Gasteiger partial charge in [-0.1, -0.05) is 101 Å². The van der Waals surface area contributed by atoms with Crippen LogP contribution >= 0.6 is 15.9 Å². The highest BCUT2D eigenvalue weighted by molar-refractivity contribution is 9.10. The SMILES string of the molecule is Brc1ccc(N(c2ccccc2)c2ccc(-c3ccccc3)cc2)c2ccccc12. The van der Waals surface area contributed by atoms with E-state index in [-0.39, 0.29) is 0 Å². The smallest absolute Gasteiger partial charge is 0.0540 e. The summed E-state index contributed by atoms with van der Waals surface area (Å²) >= 11 is 3.71. The van der Waals surface area contributed by atoms with Crippen LogP contribution in [0.2, 0.25) is 0 Å². The predicted molar refractivity (Wildman–Crippen MR) is 132 cm³/mol. The van der Waals surface area contributed by atoms with E-state index in [1.807, 2.05) is 6.07 Å². The van der Waals surface area contributed by atoms with Gasteiger partial charge in [-0.3, -0.25) is 0 Å². The van der Waals surface area contributed by atoms with E-state index in [2.05, 4.69) is 136 Å². The second-order valence-corrected chi connectivity index (χ2v) is 8.05. The standard InChI is InChI=1S/C28H20BrN/c29-27-19-20-28(26-14-8-7-13-25(26)27)30(23-11-5-2-6-12-23)24-17-15-22(16-18-24)21-9-3-1-4-10-21/h1-20H. The highest BCUT2D eigenvalue weighted by Gasteiger charge is 2.16. The predicted octanol–water partition coefficient (Wildman–Crippen LogP) is 8.74. The highest BCUT2D eigenvalue weighted by atomic mass is 79.9. The Balaban J connectivity index is 1.67. The summed E-state index contributed by atoms with van der Waals surface area (Å²) in [5, 5.41) is 2.42. The number of halogens is 1. The quantitative estimate of drug-likeness (QED) is 0.265. The van der Waals surface area contributed by atoms with Crippen LogP contribution < -0.4 is 4.90 Å². The first-order valence-corrected chi connectivity index (χ1v) is 10.8. The molecule has 5 aromatic rings. The fourth-order valence-electron chi connectivity index (χ4n) is 3.88. The van der Waals surface area contributed by atoms with E-state index in [1.165, 1.54) is 21.9 Å². The molecule has 0 aromatic heterocycles. The third-order valence-electron chi connectivity index (χ3n) is 5.34. The summed E-state index contributed by atoms with van der Waals surface area (Å²) in [6.45, 7) is 0. The lowest BCUT2D eigenvalue weighted by Crippen LogP contribution is -2.10. The van der Waals surface area contributed by atoms with Crippen LogP contribution in [0.5, 0.6) is 0 Å². The Hall–Kier alpha value is -3.36. The molecule has 0 atom stereocenters. The Morgan fingerprint density at radius 2 is 0.967 bits per heavy atom. The molecule has 0 radical (unpaired) electrons. The molecule has 0 aliphatic rings. The monoisotopic (exact) mass is 449 g/mol. The van der Waals surface area contributed by atoms with E-state index in [0.717, 1.165) is 21.5 Å². The van der Waals surface area contributed by atoms with E-state index in [0.29, 0.717) is 0 Å². The first-order chi connectivity index (χ1) is 14.8. The molecule has 0 saturated heterocycles. The van der Waals surface area contributed by atoms with Crippen molar-refractivity contribution < 1.29 is 0 Å². The van der Waals surface area contributed by atoms with Crippen LogP contribution in [-0.4, -0.2) is 0 Å². The van der Waals surface area contributed by atoms with E-state index in [4.69, 9.17) is 0 Å². The van der Waals surface area contributed by atoms with Gasteiger partial charge in [-0.25, -0.2) is 0 Å². The second-order valence-electron chi connectivity index (χ2n) is 7.20. The van der Waals surface area contributed by atoms with E-state index in [1.54, 1.807) is 0 Å². The van der Waals surface area contributed by atoms with Crippen molar-refractivity contribution in [2.45, 2.75) is 0 Å². The van der Waals surface area contributed by atoms with Gasteiger partial charge in [0.1, 0.15) is 0 Å². The Kier molecular flexibility index (Phi) is 5.08. The van der Waals surface area contributed by atoms with Crippen molar-refractivity contribution in [2.75, 3.05) is 4.90 Å². The summed E-state index contributed by atoms with van der Waals surface area (Å²) < 4.78 is 1.11. The molecule has 5 aromatic carbocycles. The number of benzene rings is 5. The largest absolute Gasteiger partial charge is 0.310 e. The lowest BCUT2D eigenvalue weighted by Gasteiger charge is -2.27. The first kappa shape index (κ1) is 18.7. The van der Waals surface area contributed by atoms with Gasteiger partial charge in [-0.2, -0.15) is 0 Å². The molecule has 2 heteroatoms. The normalized spacial score (nSPS) is 10.8. The lowest BCUT2D eigenvalue weighted by molar-refractivity contribution is 1.30. The Bertz CT molecular complexity index is 1280. The molecule has 5 rings (SSSR count). The molecule has 0 heterocycles. The van der Waals surface area contributed by atoms with Gasteiger partial charge in [0.2, 0.25) is 0 Å². The van der Waals surface area contributed by atoms with Gasteiger partial charge < -0.3 is 4.90 Å². The molecular formula is C28H20BrN. The average Bonchev–Trinajstić information content (AvgIpc) is 2.83. The van der Waals surface area contributed by atoms with Crippen LogP contribution in [0.15, 0.2) is 126 Å². The molecule has 0 aliphatic heterocycles. The van der Waals surface area contributed by atoms with Gasteiger partial charge in [0.05, 0.1) is 5.69 Å². The molecular weight excluding hydrogens is 430 g/mol. The maximum absolute atomic E-state index is 3.71. The molecule has 0 amide bonds. The molecule has 0 unspecified atom stereocenters. The van der Waals surface area contributed by atoms with Gasteiger partial charge in [-0.05, 0) is 52.9 Å². The highest BCUT2D eigenvalue weighted by Crippen LogP contribution is 2.41. The summed E-state index contributed by atoms with van der Waals surface area (Å²) in [7, 11) is 0. The maximum atomic E-state index is 3.71. The Morgan fingerprint density at radius 3 is 1.67 bits per heavy atom. The number of fused-ring (bicyclic) bond motifs is 1. The number of hydrogen-bond acceptors (Lipinski definition) is 1. The van der Waals surface area contributed by atoms with Crippen molar-refractivity contribution in [3.8, 4) is 11.1 Å². The number of para-hydroxylation sites is 1. The topological polar surface area (TPSA) is 3.24 Å². The molecule has 0 aliphatic carbocycles. The van der Waals surface area contributed by atoms with Gasteiger partial charge in [0.15, 0.2) is 0 Å². The van der Waals surface area contributed by atoms with Crippen molar-refractivity contribution >= 4 is 43.8 Å². The molecule has 0 N–H and O–H groups in total.